The summed E-state index contributed by atoms with van der Waals surface area (Å²) in [5, 5.41) is 2.81. The highest BCUT2D eigenvalue weighted by molar-refractivity contribution is 6.29. The van der Waals surface area contributed by atoms with Gasteiger partial charge in [-0.3, -0.25) is 19.7 Å². The van der Waals surface area contributed by atoms with E-state index < -0.39 is 35.8 Å². The number of nitrogen functional groups attached to an aromatic ring is 1. The Balaban J connectivity index is 2.18. The van der Waals surface area contributed by atoms with Gasteiger partial charge in [-0.05, 0) is 17.5 Å². The number of Topliss-reactive ketones (excluding diaryl/α,β-unsaturated/α-hetero) is 1. The van der Waals surface area contributed by atoms with Crippen LogP contribution >= 0.6 is 0 Å². The van der Waals surface area contributed by atoms with Gasteiger partial charge in [0.05, 0.1) is 11.3 Å². The fraction of sp³-hybridized carbons (Fsp3) is 0.0500. The highest BCUT2D eigenvalue weighted by Crippen LogP contribution is 2.34. The molecule has 146 valence electrons. The van der Waals surface area contributed by atoms with Gasteiger partial charge in [0, 0.05) is 28.7 Å². The fourth-order valence-corrected chi connectivity index (χ4v) is 2.90. The van der Waals surface area contributed by atoms with Gasteiger partial charge in [-0.2, -0.15) is 0 Å². The molecular weight excluding hydrogens is 380 g/mol. The first kappa shape index (κ1) is 19.5. The Morgan fingerprint density at radius 3 is 2.24 bits per heavy atom. The summed E-state index contributed by atoms with van der Waals surface area (Å²) in [6.45, 7) is 6.42. The minimum Gasteiger partial charge on any atom is -0.414 e. The number of nitrogens with one attached hydrogen (secondary N) is 1. The van der Waals surface area contributed by atoms with E-state index >= 15 is 0 Å². The lowest BCUT2D eigenvalue weighted by molar-refractivity contribution is -0.172. The molecule has 9 heteroatoms. The molecule has 0 aliphatic carbocycles. The fourth-order valence-electron chi connectivity index (χ4n) is 2.90. The number of imide groups is 1. The van der Waals surface area contributed by atoms with Crippen molar-refractivity contribution in [2.24, 2.45) is 0 Å². The maximum atomic E-state index is 13.0. The molecule has 0 atom stereocenters. The van der Waals surface area contributed by atoms with Gasteiger partial charge in [-0.1, -0.05) is 25.3 Å². The number of amides is 2. The molecule has 2 amide bonds. The molecule has 0 spiro atoms. The SMILES string of the molecule is C=CC(=O)OC(OC(=O)C=C)C(=O)c1cc2cccc3c2c(c1N)C(=O)NC3=O. The van der Waals surface area contributed by atoms with Crippen molar-refractivity contribution < 1.29 is 33.4 Å². The number of esters is 2. The molecular formula is C20H14N2O7. The maximum Gasteiger partial charge on any atom is 0.333 e. The van der Waals surface area contributed by atoms with E-state index in [1.807, 2.05) is 0 Å². The number of hydrogen-bond acceptors (Lipinski definition) is 8. The van der Waals surface area contributed by atoms with E-state index in [0.717, 1.165) is 12.2 Å². The van der Waals surface area contributed by atoms with Crippen LogP contribution in [-0.2, 0) is 19.1 Å². The molecule has 29 heavy (non-hydrogen) atoms. The highest BCUT2D eigenvalue weighted by atomic mass is 16.7. The van der Waals surface area contributed by atoms with Crippen molar-refractivity contribution in [1.82, 2.24) is 5.32 Å². The molecule has 0 saturated carbocycles. The van der Waals surface area contributed by atoms with Crippen molar-refractivity contribution in [2.45, 2.75) is 6.29 Å². The molecule has 0 aromatic heterocycles. The minimum absolute atomic E-state index is 0.0788. The summed E-state index contributed by atoms with van der Waals surface area (Å²) in [5.41, 5.74) is 5.70. The Labute approximate surface area is 163 Å². The Morgan fingerprint density at radius 2 is 1.66 bits per heavy atom. The van der Waals surface area contributed by atoms with Crippen LogP contribution in [0.25, 0.3) is 10.8 Å². The van der Waals surface area contributed by atoms with Crippen molar-refractivity contribution >= 4 is 46.0 Å². The van der Waals surface area contributed by atoms with Crippen LogP contribution in [0.15, 0.2) is 49.6 Å². The van der Waals surface area contributed by atoms with Crippen LogP contribution in [0.4, 0.5) is 5.69 Å². The normalized spacial score (nSPS) is 12.3. The molecule has 0 bridgehead atoms. The second-order valence-corrected chi connectivity index (χ2v) is 5.88. The van der Waals surface area contributed by atoms with Gasteiger partial charge in [0.1, 0.15) is 0 Å². The summed E-state index contributed by atoms with van der Waals surface area (Å²) in [4.78, 5) is 60.5. The Bertz CT molecular complexity index is 1110. The number of hydrogen-bond donors (Lipinski definition) is 2. The number of carbonyl (C=O) groups excluding carboxylic acids is 5. The first-order chi connectivity index (χ1) is 13.8. The predicted molar refractivity (Wildman–Crippen MR) is 101 cm³/mol. The number of ketones is 1. The van der Waals surface area contributed by atoms with E-state index in [-0.39, 0.29) is 27.8 Å². The molecule has 0 saturated heterocycles. The molecule has 0 radical (unpaired) electrons. The van der Waals surface area contributed by atoms with Gasteiger partial charge < -0.3 is 15.2 Å². The van der Waals surface area contributed by atoms with Gasteiger partial charge in [-0.15, -0.1) is 0 Å². The summed E-state index contributed by atoms with van der Waals surface area (Å²) in [6.07, 6.45) is -0.420. The average molecular weight is 394 g/mol. The summed E-state index contributed by atoms with van der Waals surface area (Å²) in [7, 11) is 0. The third-order valence-corrected chi connectivity index (χ3v) is 4.16. The second-order valence-electron chi connectivity index (χ2n) is 5.88. The highest BCUT2D eigenvalue weighted by Gasteiger charge is 2.33. The number of rotatable bonds is 6. The molecule has 1 aliphatic rings. The van der Waals surface area contributed by atoms with Gasteiger partial charge in [-0.25, -0.2) is 9.59 Å². The van der Waals surface area contributed by atoms with E-state index in [0.29, 0.717) is 5.39 Å². The summed E-state index contributed by atoms with van der Waals surface area (Å²) >= 11 is 0. The van der Waals surface area contributed by atoms with Crippen molar-refractivity contribution in [3.8, 4) is 0 Å². The van der Waals surface area contributed by atoms with Crippen LogP contribution in [-0.4, -0.2) is 35.8 Å². The quantitative estimate of drug-likeness (QED) is 0.186. The first-order valence-corrected chi connectivity index (χ1v) is 8.19. The largest absolute Gasteiger partial charge is 0.414 e. The molecule has 3 N–H and O–H groups in total. The van der Waals surface area contributed by atoms with Crippen molar-refractivity contribution in [1.29, 1.82) is 0 Å². The molecule has 1 heterocycles. The molecule has 0 fully saturated rings. The number of anilines is 1. The number of nitrogens with two attached hydrogens (primary N) is 1. The van der Waals surface area contributed by atoms with Crippen LogP contribution in [0.5, 0.6) is 0 Å². The lowest BCUT2D eigenvalue weighted by Gasteiger charge is -2.21. The third kappa shape index (κ3) is 3.36. The lowest BCUT2D eigenvalue weighted by Crippen LogP contribution is -2.36. The van der Waals surface area contributed by atoms with Gasteiger partial charge in [0.25, 0.3) is 11.8 Å². The van der Waals surface area contributed by atoms with Crippen LogP contribution in [0.1, 0.15) is 31.1 Å². The number of carbonyl (C=O) groups is 5. The van der Waals surface area contributed by atoms with Crippen LogP contribution < -0.4 is 11.1 Å². The zero-order chi connectivity index (χ0) is 21.3. The lowest BCUT2D eigenvalue weighted by atomic mass is 9.90. The molecule has 0 unspecified atom stereocenters. The van der Waals surface area contributed by atoms with E-state index in [1.165, 1.54) is 12.1 Å². The molecule has 9 nitrogen and oxygen atoms in total. The standard InChI is InChI=1S/C20H14N2O7/c1-3-12(23)28-20(29-13(24)4-2)17(25)11-8-9-6-5-7-10-14(9)15(16(11)21)19(27)22-18(10)26/h3-8,20H,1-2,21H2,(H,22,26,27). The van der Waals surface area contributed by atoms with Crippen LogP contribution in [0, 0.1) is 0 Å². The first-order valence-electron chi connectivity index (χ1n) is 8.19. The van der Waals surface area contributed by atoms with Crippen molar-refractivity contribution in [3.63, 3.8) is 0 Å². The Morgan fingerprint density at radius 1 is 1.03 bits per heavy atom. The van der Waals surface area contributed by atoms with Crippen molar-refractivity contribution in [2.75, 3.05) is 5.73 Å². The van der Waals surface area contributed by atoms with E-state index in [4.69, 9.17) is 15.2 Å². The molecule has 1 aliphatic heterocycles. The molecule has 2 aromatic rings. The molecule has 3 rings (SSSR count). The van der Waals surface area contributed by atoms with Gasteiger partial charge in [0.15, 0.2) is 0 Å². The third-order valence-electron chi connectivity index (χ3n) is 4.16. The average Bonchev–Trinajstić information content (AvgIpc) is 2.70. The second kappa shape index (κ2) is 7.39. The number of benzene rings is 2. The van der Waals surface area contributed by atoms with E-state index in [2.05, 4.69) is 18.5 Å². The van der Waals surface area contributed by atoms with Crippen LogP contribution in [0.2, 0.25) is 0 Å². The zero-order valence-corrected chi connectivity index (χ0v) is 14.9. The summed E-state index contributed by atoms with van der Waals surface area (Å²) < 4.78 is 9.61. The monoisotopic (exact) mass is 394 g/mol. The smallest absolute Gasteiger partial charge is 0.333 e. The van der Waals surface area contributed by atoms with Gasteiger partial charge >= 0.3 is 18.2 Å². The van der Waals surface area contributed by atoms with Gasteiger partial charge in [0.2, 0.25) is 5.78 Å². The minimum atomic E-state index is -1.98. The Kier molecular flexibility index (Phi) is 4.97. The topological polar surface area (TPSA) is 142 Å². The predicted octanol–water partition coefficient (Wildman–Crippen LogP) is 1.27. The summed E-state index contributed by atoms with van der Waals surface area (Å²) in [5.74, 6) is -4.41. The maximum absolute atomic E-state index is 13.0. The molecule has 2 aromatic carbocycles. The summed E-state index contributed by atoms with van der Waals surface area (Å²) in [6, 6.07) is 5.97. The van der Waals surface area contributed by atoms with Crippen molar-refractivity contribution in [3.05, 3.63) is 66.3 Å². The Hall–Kier alpha value is -4.27. The van der Waals surface area contributed by atoms with Crippen LogP contribution in [0.3, 0.4) is 0 Å². The number of ether oxygens (including phenoxy) is 2. The van der Waals surface area contributed by atoms with E-state index in [9.17, 15) is 24.0 Å². The van der Waals surface area contributed by atoms with E-state index in [1.54, 1.807) is 12.1 Å². The zero-order valence-electron chi connectivity index (χ0n) is 14.9.